The van der Waals surface area contributed by atoms with E-state index in [4.69, 9.17) is 4.74 Å². The Balaban J connectivity index is 3.99. The zero-order chi connectivity index (χ0) is 12.1. The Morgan fingerprint density at radius 2 is 2.00 bits per heavy atom. The number of rotatable bonds is 5. The average molecular weight is 227 g/mol. The molecular weight excluding hydrogens is 211 g/mol. The Morgan fingerprint density at radius 3 is 2.40 bits per heavy atom. The van der Waals surface area contributed by atoms with Crippen LogP contribution in [0.3, 0.4) is 0 Å². The van der Waals surface area contributed by atoms with Crippen LogP contribution >= 0.6 is 0 Å². The maximum absolute atomic E-state index is 11.9. The minimum Gasteiger partial charge on any atom is -0.465 e. The van der Waals surface area contributed by atoms with Gasteiger partial charge in [0.15, 0.2) is 0 Å². The molecule has 0 radical (unpaired) electrons. The van der Waals surface area contributed by atoms with E-state index in [0.29, 0.717) is 0 Å². The largest absolute Gasteiger partial charge is 0.465 e. The second-order valence-electron chi connectivity index (χ2n) is 3.27. The van der Waals surface area contributed by atoms with E-state index < -0.39 is 24.6 Å². The molecule has 0 aliphatic heterocycles. The summed E-state index contributed by atoms with van der Waals surface area (Å²) in [6.07, 6.45) is -5.12. The lowest BCUT2D eigenvalue weighted by Gasteiger charge is -2.23. The van der Waals surface area contributed by atoms with Gasteiger partial charge in [0.25, 0.3) is 0 Å². The highest BCUT2D eigenvalue weighted by molar-refractivity contribution is 5.75. The first-order chi connectivity index (χ1) is 6.78. The molecule has 0 N–H and O–H groups in total. The second kappa shape index (κ2) is 5.95. The lowest BCUT2D eigenvalue weighted by Crippen LogP contribution is -2.39. The third-order valence-corrected chi connectivity index (χ3v) is 2.04. The van der Waals surface area contributed by atoms with Gasteiger partial charge in [0.2, 0.25) is 0 Å². The number of esters is 1. The molecule has 0 aromatic heterocycles. The molecule has 3 nitrogen and oxygen atoms in total. The Bertz CT molecular complexity index is 206. The van der Waals surface area contributed by atoms with E-state index >= 15 is 0 Å². The number of halogens is 3. The van der Waals surface area contributed by atoms with Crippen molar-refractivity contribution >= 4 is 5.97 Å². The first-order valence-electron chi connectivity index (χ1n) is 4.71. The Hall–Kier alpha value is -0.780. The summed E-state index contributed by atoms with van der Waals surface area (Å²) in [5.74, 6) is -0.498. The summed E-state index contributed by atoms with van der Waals surface area (Å²) in [6.45, 7) is 3.20. The van der Waals surface area contributed by atoms with E-state index in [2.05, 4.69) is 0 Å². The van der Waals surface area contributed by atoms with Gasteiger partial charge in [-0.3, -0.25) is 9.69 Å². The zero-order valence-corrected chi connectivity index (χ0v) is 9.10. The molecule has 15 heavy (non-hydrogen) atoms. The highest BCUT2D eigenvalue weighted by Crippen LogP contribution is 2.19. The Kier molecular flexibility index (Phi) is 5.64. The zero-order valence-electron chi connectivity index (χ0n) is 9.10. The predicted octanol–water partition coefficient (Wildman–Crippen LogP) is 1.82. The van der Waals surface area contributed by atoms with E-state index in [0.717, 1.165) is 0 Å². The van der Waals surface area contributed by atoms with Gasteiger partial charge in [-0.25, -0.2) is 0 Å². The molecule has 0 fully saturated rings. The fourth-order valence-corrected chi connectivity index (χ4v) is 0.940. The molecule has 0 bridgehead atoms. The Morgan fingerprint density at radius 1 is 1.47 bits per heavy atom. The van der Waals surface area contributed by atoms with Gasteiger partial charge in [0, 0.05) is 6.54 Å². The number of hydrogen-bond donors (Lipinski definition) is 0. The molecular formula is C9H16F3NO2. The molecule has 0 aromatic rings. The summed E-state index contributed by atoms with van der Waals surface area (Å²) in [7, 11) is 1.47. The second-order valence-corrected chi connectivity index (χ2v) is 3.27. The quantitative estimate of drug-likeness (QED) is 0.671. The van der Waals surface area contributed by atoms with Crippen molar-refractivity contribution in [2.45, 2.75) is 32.5 Å². The van der Waals surface area contributed by atoms with Crippen LogP contribution in [-0.2, 0) is 9.53 Å². The number of nitrogens with zero attached hydrogens (tertiary/aromatic N) is 1. The lowest BCUT2D eigenvalue weighted by atomic mass is 10.3. The number of alkyl halides is 3. The number of carbonyl (C=O) groups excluding carboxylic acids is 1. The van der Waals surface area contributed by atoms with Crippen LogP contribution in [0.4, 0.5) is 13.2 Å². The van der Waals surface area contributed by atoms with Crippen molar-refractivity contribution in [1.82, 2.24) is 4.90 Å². The van der Waals surface area contributed by atoms with Gasteiger partial charge in [0.05, 0.1) is 13.0 Å². The predicted molar refractivity (Wildman–Crippen MR) is 49.4 cm³/mol. The molecule has 0 aliphatic carbocycles. The summed E-state index contributed by atoms with van der Waals surface area (Å²) in [5, 5.41) is 0. The van der Waals surface area contributed by atoms with Crippen LogP contribution in [0.5, 0.6) is 0 Å². The molecule has 1 unspecified atom stereocenters. The normalized spacial score (nSPS) is 14.1. The minimum atomic E-state index is -4.19. The van der Waals surface area contributed by atoms with Crippen molar-refractivity contribution < 1.29 is 22.7 Å². The maximum Gasteiger partial charge on any atom is 0.390 e. The van der Waals surface area contributed by atoms with Crippen LogP contribution in [0.2, 0.25) is 0 Å². The average Bonchev–Trinajstić information content (AvgIpc) is 2.12. The van der Waals surface area contributed by atoms with Crippen LogP contribution in [0.1, 0.15) is 20.3 Å². The Labute approximate surface area is 87.2 Å². The SMILES string of the molecule is CCOC(=O)C(C)N(C)CCC(F)(F)F. The van der Waals surface area contributed by atoms with E-state index in [-0.39, 0.29) is 13.2 Å². The third kappa shape index (κ3) is 6.33. The fourth-order valence-electron chi connectivity index (χ4n) is 0.940. The number of carbonyl (C=O) groups is 1. The smallest absolute Gasteiger partial charge is 0.390 e. The van der Waals surface area contributed by atoms with Crippen molar-refractivity contribution in [3.05, 3.63) is 0 Å². The van der Waals surface area contributed by atoms with Gasteiger partial charge in [-0.1, -0.05) is 0 Å². The molecule has 0 amide bonds. The van der Waals surface area contributed by atoms with E-state index in [1.807, 2.05) is 0 Å². The molecule has 90 valence electrons. The lowest BCUT2D eigenvalue weighted by molar-refractivity contribution is -0.152. The van der Waals surface area contributed by atoms with Gasteiger partial charge in [-0.05, 0) is 20.9 Å². The van der Waals surface area contributed by atoms with Crippen molar-refractivity contribution in [3.8, 4) is 0 Å². The highest BCUT2D eigenvalue weighted by atomic mass is 19.4. The molecule has 0 saturated heterocycles. The van der Waals surface area contributed by atoms with Gasteiger partial charge in [0.1, 0.15) is 6.04 Å². The van der Waals surface area contributed by atoms with Crippen LogP contribution in [0.25, 0.3) is 0 Å². The number of likely N-dealkylation sites (N-methyl/N-ethyl adjacent to an activating group) is 1. The molecule has 0 spiro atoms. The van der Waals surface area contributed by atoms with E-state index in [9.17, 15) is 18.0 Å². The molecule has 0 heterocycles. The summed E-state index contributed by atoms with van der Waals surface area (Å²) < 4.78 is 40.4. The molecule has 1 atom stereocenters. The third-order valence-electron chi connectivity index (χ3n) is 2.04. The van der Waals surface area contributed by atoms with Gasteiger partial charge in [-0.2, -0.15) is 13.2 Å². The first-order valence-corrected chi connectivity index (χ1v) is 4.71. The van der Waals surface area contributed by atoms with Crippen molar-refractivity contribution in [2.75, 3.05) is 20.2 Å². The van der Waals surface area contributed by atoms with E-state index in [1.165, 1.54) is 18.9 Å². The standard InChI is InChI=1S/C9H16F3NO2/c1-4-15-8(14)7(2)13(3)6-5-9(10,11)12/h7H,4-6H2,1-3H3. The summed E-state index contributed by atoms with van der Waals surface area (Å²) >= 11 is 0. The van der Waals surface area contributed by atoms with Crippen LogP contribution < -0.4 is 0 Å². The fraction of sp³-hybridized carbons (Fsp3) is 0.889. The van der Waals surface area contributed by atoms with Gasteiger partial charge < -0.3 is 4.74 Å². The molecule has 6 heteroatoms. The monoisotopic (exact) mass is 227 g/mol. The minimum absolute atomic E-state index is 0.205. The summed E-state index contributed by atoms with van der Waals surface area (Å²) in [6, 6.07) is -0.646. The van der Waals surface area contributed by atoms with Crippen LogP contribution in [-0.4, -0.2) is 43.3 Å². The van der Waals surface area contributed by atoms with E-state index in [1.54, 1.807) is 6.92 Å². The first kappa shape index (κ1) is 14.2. The summed E-state index contributed by atoms with van der Waals surface area (Å²) in [5.41, 5.74) is 0. The molecule has 0 aliphatic rings. The highest BCUT2D eigenvalue weighted by Gasteiger charge is 2.29. The molecule has 0 aromatic carbocycles. The number of ether oxygens (including phenoxy) is 1. The summed E-state index contributed by atoms with van der Waals surface area (Å²) in [4.78, 5) is 12.5. The van der Waals surface area contributed by atoms with Gasteiger partial charge in [-0.15, -0.1) is 0 Å². The van der Waals surface area contributed by atoms with Crippen LogP contribution in [0, 0.1) is 0 Å². The topological polar surface area (TPSA) is 29.5 Å². The molecule has 0 saturated carbocycles. The van der Waals surface area contributed by atoms with Crippen molar-refractivity contribution in [2.24, 2.45) is 0 Å². The van der Waals surface area contributed by atoms with Gasteiger partial charge >= 0.3 is 12.1 Å². The van der Waals surface area contributed by atoms with Crippen molar-refractivity contribution in [3.63, 3.8) is 0 Å². The maximum atomic E-state index is 11.9. The van der Waals surface area contributed by atoms with Crippen LogP contribution in [0.15, 0.2) is 0 Å². The van der Waals surface area contributed by atoms with Crippen molar-refractivity contribution in [1.29, 1.82) is 0 Å². The molecule has 0 rings (SSSR count). The number of hydrogen-bond acceptors (Lipinski definition) is 3.